The smallest absolute Gasteiger partial charge is 0.344 e. The summed E-state index contributed by atoms with van der Waals surface area (Å²) in [6, 6.07) is 0.237. The molecule has 0 spiro atoms. The number of nitrogen functional groups attached to an aromatic ring is 1. The number of rotatable bonds is 6. The highest BCUT2D eigenvalue weighted by atomic mass is 32.1. The van der Waals surface area contributed by atoms with Gasteiger partial charge in [0.05, 0.1) is 6.61 Å². The van der Waals surface area contributed by atoms with Gasteiger partial charge in [0.2, 0.25) is 0 Å². The molecule has 1 saturated heterocycles. The summed E-state index contributed by atoms with van der Waals surface area (Å²) in [6.45, 7) is 7.47. The molecule has 1 aromatic heterocycles. The molecule has 0 aliphatic carbocycles. The van der Waals surface area contributed by atoms with Crippen LogP contribution in [0.2, 0.25) is 0 Å². The molecule has 1 aliphatic heterocycles. The number of hydrogen-bond acceptors (Lipinski definition) is 7. The minimum absolute atomic E-state index is 0.237. The predicted molar refractivity (Wildman–Crippen MR) is 81.2 cm³/mol. The van der Waals surface area contributed by atoms with Gasteiger partial charge in [0.15, 0.2) is 5.82 Å². The van der Waals surface area contributed by atoms with Gasteiger partial charge in [-0.1, -0.05) is 0 Å². The lowest BCUT2D eigenvalue weighted by atomic mass is 10.2. The molecular weight excluding hydrogens is 276 g/mol. The van der Waals surface area contributed by atoms with E-state index in [0.717, 1.165) is 19.6 Å². The summed E-state index contributed by atoms with van der Waals surface area (Å²) >= 11 is 1.21. The van der Waals surface area contributed by atoms with Crippen LogP contribution in [0.1, 0.15) is 37.0 Å². The maximum Gasteiger partial charge on any atom is 0.344 e. The summed E-state index contributed by atoms with van der Waals surface area (Å²) in [7, 11) is 0. The molecule has 6 nitrogen and oxygen atoms in total. The van der Waals surface area contributed by atoms with Gasteiger partial charge < -0.3 is 20.7 Å². The quantitative estimate of drug-likeness (QED) is 0.780. The number of likely N-dealkylation sites (tertiary alicyclic amines) is 1. The van der Waals surface area contributed by atoms with Gasteiger partial charge in [-0.05, 0) is 51.3 Å². The maximum absolute atomic E-state index is 11.9. The van der Waals surface area contributed by atoms with E-state index in [0.29, 0.717) is 17.2 Å². The van der Waals surface area contributed by atoms with Gasteiger partial charge in [0.25, 0.3) is 0 Å². The van der Waals surface area contributed by atoms with Gasteiger partial charge in [-0.2, -0.15) is 4.37 Å². The second kappa shape index (κ2) is 6.90. The number of nitrogens with zero attached hydrogens (tertiary/aromatic N) is 2. The Hall–Kier alpha value is -1.34. The van der Waals surface area contributed by atoms with Gasteiger partial charge in [-0.3, -0.25) is 0 Å². The molecule has 1 unspecified atom stereocenters. The van der Waals surface area contributed by atoms with Crippen LogP contribution in [0.3, 0.4) is 0 Å². The average Bonchev–Trinajstić information content (AvgIpc) is 3.00. The molecule has 1 aliphatic rings. The molecule has 0 aromatic carbocycles. The van der Waals surface area contributed by atoms with E-state index in [-0.39, 0.29) is 11.9 Å². The van der Waals surface area contributed by atoms with Crippen LogP contribution in [-0.4, -0.2) is 47.5 Å². The van der Waals surface area contributed by atoms with Crippen molar-refractivity contribution in [1.29, 1.82) is 0 Å². The molecule has 2 heterocycles. The van der Waals surface area contributed by atoms with E-state index in [1.54, 1.807) is 6.92 Å². The van der Waals surface area contributed by atoms with Crippen molar-refractivity contribution in [3.63, 3.8) is 0 Å². The topological polar surface area (TPSA) is 80.5 Å². The lowest BCUT2D eigenvalue weighted by Gasteiger charge is -2.21. The first kappa shape index (κ1) is 15.1. The molecular formula is C13H22N4O2S. The minimum Gasteiger partial charge on any atom is -0.462 e. The number of anilines is 2. The van der Waals surface area contributed by atoms with Crippen LogP contribution < -0.4 is 11.1 Å². The number of hydrogen-bond donors (Lipinski definition) is 2. The Morgan fingerprint density at radius 2 is 2.25 bits per heavy atom. The van der Waals surface area contributed by atoms with E-state index >= 15 is 0 Å². The van der Waals surface area contributed by atoms with Crippen LogP contribution >= 0.6 is 11.5 Å². The molecule has 112 valence electrons. The molecule has 0 amide bonds. The van der Waals surface area contributed by atoms with Crippen molar-refractivity contribution in [3.8, 4) is 0 Å². The SMILES string of the molecule is CCOC(=O)c1c(N)nsc1NC(C)CN1CCCC1. The number of esters is 1. The summed E-state index contributed by atoms with van der Waals surface area (Å²) in [5.41, 5.74) is 6.13. The molecule has 20 heavy (non-hydrogen) atoms. The summed E-state index contributed by atoms with van der Waals surface area (Å²) in [4.78, 5) is 14.3. The average molecular weight is 298 g/mol. The number of nitrogens with two attached hydrogens (primary N) is 1. The van der Waals surface area contributed by atoms with Gasteiger partial charge in [-0.15, -0.1) is 0 Å². The van der Waals surface area contributed by atoms with Crippen LogP contribution in [0.15, 0.2) is 0 Å². The maximum atomic E-state index is 11.9. The van der Waals surface area contributed by atoms with Crippen LogP contribution in [0.4, 0.5) is 10.8 Å². The fourth-order valence-electron chi connectivity index (χ4n) is 2.42. The molecule has 1 aromatic rings. The van der Waals surface area contributed by atoms with E-state index in [2.05, 4.69) is 21.5 Å². The van der Waals surface area contributed by atoms with Gasteiger partial charge in [-0.25, -0.2) is 4.79 Å². The summed E-state index contributed by atoms with van der Waals surface area (Å²) in [5.74, 6) is -0.168. The van der Waals surface area contributed by atoms with Crippen LogP contribution in [-0.2, 0) is 4.74 Å². The zero-order chi connectivity index (χ0) is 14.5. The first-order valence-electron chi connectivity index (χ1n) is 7.03. The largest absolute Gasteiger partial charge is 0.462 e. The summed E-state index contributed by atoms with van der Waals surface area (Å²) in [5, 5.41) is 4.03. The van der Waals surface area contributed by atoms with Crippen molar-refractivity contribution in [1.82, 2.24) is 9.27 Å². The molecule has 7 heteroatoms. The molecule has 3 N–H and O–H groups in total. The zero-order valence-corrected chi connectivity index (χ0v) is 12.8. The minimum atomic E-state index is -0.408. The van der Waals surface area contributed by atoms with Gasteiger partial charge in [0, 0.05) is 12.6 Å². The third-order valence-electron chi connectivity index (χ3n) is 3.31. The molecule has 2 rings (SSSR count). The number of aromatic nitrogens is 1. The third kappa shape index (κ3) is 3.61. The van der Waals surface area contributed by atoms with Crippen molar-refractivity contribution in [2.75, 3.05) is 37.3 Å². The lowest BCUT2D eigenvalue weighted by Crippen LogP contribution is -2.33. The number of ether oxygens (including phenoxy) is 1. The van der Waals surface area contributed by atoms with E-state index in [1.807, 2.05) is 0 Å². The van der Waals surface area contributed by atoms with Gasteiger partial charge >= 0.3 is 5.97 Å². The Labute approximate surface area is 123 Å². The van der Waals surface area contributed by atoms with E-state index in [1.165, 1.54) is 24.4 Å². The molecule has 0 saturated carbocycles. The van der Waals surface area contributed by atoms with E-state index < -0.39 is 5.97 Å². The summed E-state index contributed by atoms with van der Waals surface area (Å²) < 4.78 is 9.07. The fourth-order valence-corrected chi connectivity index (χ4v) is 3.24. The van der Waals surface area contributed by atoms with E-state index in [9.17, 15) is 4.79 Å². The van der Waals surface area contributed by atoms with Crippen molar-refractivity contribution >= 4 is 28.3 Å². The Morgan fingerprint density at radius 1 is 1.55 bits per heavy atom. The molecule has 1 atom stereocenters. The van der Waals surface area contributed by atoms with Crippen LogP contribution in [0.5, 0.6) is 0 Å². The Morgan fingerprint density at radius 3 is 2.90 bits per heavy atom. The fraction of sp³-hybridized carbons (Fsp3) is 0.692. The van der Waals surface area contributed by atoms with Crippen molar-refractivity contribution in [2.24, 2.45) is 0 Å². The molecule has 0 bridgehead atoms. The summed E-state index contributed by atoms with van der Waals surface area (Å²) in [6.07, 6.45) is 2.54. The lowest BCUT2D eigenvalue weighted by molar-refractivity contribution is 0.0529. The standard InChI is InChI=1S/C13H22N4O2S/c1-3-19-13(18)10-11(14)16-20-12(10)15-9(2)8-17-6-4-5-7-17/h9,15H,3-8H2,1-2H3,(H2,14,16). The number of carbonyl (C=O) groups is 1. The van der Waals surface area contributed by atoms with Gasteiger partial charge in [0.1, 0.15) is 10.6 Å². The predicted octanol–water partition coefficient (Wildman–Crippen LogP) is 1.80. The zero-order valence-electron chi connectivity index (χ0n) is 12.0. The second-order valence-electron chi connectivity index (χ2n) is 5.05. The first-order valence-corrected chi connectivity index (χ1v) is 7.80. The Balaban J connectivity index is 1.99. The van der Waals surface area contributed by atoms with Crippen LogP contribution in [0, 0.1) is 0 Å². The molecule has 1 fully saturated rings. The van der Waals surface area contributed by atoms with Crippen LogP contribution in [0.25, 0.3) is 0 Å². The van der Waals surface area contributed by atoms with Crippen molar-refractivity contribution < 1.29 is 9.53 Å². The Bertz CT molecular complexity index is 457. The normalized spacial score (nSPS) is 17.1. The Kier molecular flexibility index (Phi) is 5.19. The first-order chi connectivity index (χ1) is 9.61. The highest BCUT2D eigenvalue weighted by Crippen LogP contribution is 2.28. The third-order valence-corrected chi connectivity index (χ3v) is 4.10. The number of carbonyl (C=O) groups excluding carboxylic acids is 1. The van der Waals surface area contributed by atoms with Crippen molar-refractivity contribution in [3.05, 3.63) is 5.56 Å². The second-order valence-corrected chi connectivity index (χ2v) is 5.82. The molecule has 0 radical (unpaired) electrons. The van der Waals surface area contributed by atoms with Crippen molar-refractivity contribution in [2.45, 2.75) is 32.7 Å². The number of nitrogens with one attached hydrogen (secondary N) is 1. The monoisotopic (exact) mass is 298 g/mol. The highest BCUT2D eigenvalue weighted by Gasteiger charge is 2.22. The highest BCUT2D eigenvalue weighted by molar-refractivity contribution is 7.11. The van der Waals surface area contributed by atoms with E-state index in [4.69, 9.17) is 10.5 Å².